The van der Waals surface area contributed by atoms with Gasteiger partial charge in [-0.05, 0) is 24.8 Å². The predicted molar refractivity (Wildman–Crippen MR) is 23.1 cm³/mol. The maximum atomic E-state index is 11.4. The molecule has 1 aliphatic rings. The van der Waals surface area contributed by atoms with Crippen LogP contribution >= 0.6 is 0 Å². The van der Waals surface area contributed by atoms with Gasteiger partial charge in [-0.3, -0.25) is 0 Å². The molecule has 1 aliphatic carbocycles. The van der Waals surface area contributed by atoms with E-state index in [1.165, 1.54) is 0 Å². The van der Waals surface area contributed by atoms with Gasteiger partial charge in [-0.25, -0.2) is 0 Å². The summed E-state index contributed by atoms with van der Waals surface area (Å²) in [4.78, 5) is 0. The summed E-state index contributed by atoms with van der Waals surface area (Å²) in [5, 5.41) is 0. The van der Waals surface area contributed by atoms with Gasteiger partial charge in [0.25, 0.3) is 6.08 Å². The predicted octanol–water partition coefficient (Wildman–Crippen LogP) is 2.32. The second-order valence-electron chi connectivity index (χ2n) is 1.72. The van der Waals surface area contributed by atoms with Crippen molar-refractivity contribution >= 4 is 0 Å². The van der Waals surface area contributed by atoms with E-state index in [0.29, 0.717) is 18.4 Å². The third-order valence-corrected chi connectivity index (χ3v) is 1.22. The van der Waals surface area contributed by atoms with Crippen LogP contribution in [0.4, 0.5) is 8.78 Å². The summed E-state index contributed by atoms with van der Waals surface area (Å²) in [5.74, 6) is 0. The highest BCUT2D eigenvalue weighted by Gasteiger charge is 2.13. The van der Waals surface area contributed by atoms with E-state index in [1.54, 1.807) is 0 Å². The Labute approximate surface area is 40.8 Å². The third kappa shape index (κ3) is 0.787. The van der Waals surface area contributed by atoms with Crippen molar-refractivity contribution in [2.45, 2.75) is 19.3 Å². The fraction of sp³-hybridized carbons (Fsp3) is 0.600. The fourth-order valence-electron chi connectivity index (χ4n) is 0.543. The summed E-state index contributed by atoms with van der Waals surface area (Å²) < 4.78 is 22.7. The van der Waals surface area contributed by atoms with Crippen molar-refractivity contribution < 1.29 is 8.78 Å². The summed E-state index contributed by atoms with van der Waals surface area (Å²) in [7, 11) is 0. The molecule has 0 aliphatic heterocycles. The van der Waals surface area contributed by atoms with Crippen LogP contribution in [0.5, 0.6) is 0 Å². The van der Waals surface area contributed by atoms with Gasteiger partial charge in [0.15, 0.2) is 0 Å². The molecule has 0 radical (unpaired) electrons. The molecule has 0 N–H and O–H groups in total. The Kier molecular flexibility index (Phi) is 1.09. The normalized spacial score (nSPS) is 18.9. The lowest BCUT2D eigenvalue weighted by Gasteiger charge is -2.12. The Bertz CT molecular complexity index is 94.6. The Balaban J connectivity index is 2.52. The number of rotatable bonds is 0. The molecule has 0 atom stereocenters. The maximum absolute atomic E-state index is 11.4. The van der Waals surface area contributed by atoms with Crippen molar-refractivity contribution in [3.05, 3.63) is 11.7 Å². The van der Waals surface area contributed by atoms with Crippen LogP contribution in [0, 0.1) is 0 Å². The van der Waals surface area contributed by atoms with E-state index in [4.69, 9.17) is 0 Å². The molecule has 0 aromatic heterocycles. The first-order valence-corrected chi connectivity index (χ1v) is 2.34. The van der Waals surface area contributed by atoms with Crippen LogP contribution in [-0.2, 0) is 0 Å². The molecule has 0 aromatic carbocycles. The lowest BCUT2D eigenvalue weighted by molar-refractivity contribution is 0.388. The summed E-state index contributed by atoms with van der Waals surface area (Å²) >= 11 is 0. The molecule has 0 unspecified atom stereocenters. The zero-order valence-corrected chi connectivity index (χ0v) is 3.88. The van der Waals surface area contributed by atoms with Crippen LogP contribution in [0.25, 0.3) is 0 Å². The van der Waals surface area contributed by atoms with Crippen molar-refractivity contribution in [2.24, 2.45) is 0 Å². The van der Waals surface area contributed by atoms with Gasteiger partial charge < -0.3 is 0 Å². The van der Waals surface area contributed by atoms with Gasteiger partial charge in [0.05, 0.1) is 0 Å². The lowest BCUT2D eigenvalue weighted by Crippen LogP contribution is -1.96. The first-order valence-electron chi connectivity index (χ1n) is 2.34. The quantitative estimate of drug-likeness (QED) is 0.442. The lowest BCUT2D eigenvalue weighted by atomic mass is 9.94. The van der Waals surface area contributed by atoms with E-state index in [2.05, 4.69) is 0 Å². The largest absolute Gasteiger partial charge is 0.269 e. The molecular formula is C5H6F2. The molecule has 1 fully saturated rings. The van der Waals surface area contributed by atoms with Crippen LogP contribution in [0.15, 0.2) is 11.7 Å². The van der Waals surface area contributed by atoms with E-state index in [0.717, 1.165) is 6.42 Å². The van der Waals surface area contributed by atoms with Crippen LogP contribution < -0.4 is 0 Å². The van der Waals surface area contributed by atoms with Crippen LogP contribution in [0.1, 0.15) is 19.3 Å². The fourth-order valence-corrected chi connectivity index (χ4v) is 0.543. The minimum absolute atomic E-state index is 0.361. The maximum Gasteiger partial charge on any atom is 0.269 e. The highest BCUT2D eigenvalue weighted by Crippen LogP contribution is 2.29. The number of hydrogen-bond acceptors (Lipinski definition) is 0. The molecule has 0 heterocycles. The van der Waals surface area contributed by atoms with Crippen molar-refractivity contribution in [2.75, 3.05) is 0 Å². The van der Waals surface area contributed by atoms with Gasteiger partial charge in [-0.15, -0.1) is 0 Å². The van der Waals surface area contributed by atoms with Gasteiger partial charge >= 0.3 is 0 Å². The van der Waals surface area contributed by atoms with Crippen molar-refractivity contribution in [1.82, 2.24) is 0 Å². The van der Waals surface area contributed by atoms with Crippen molar-refractivity contribution in [1.29, 1.82) is 0 Å². The molecule has 0 saturated heterocycles. The third-order valence-electron chi connectivity index (χ3n) is 1.22. The summed E-state index contributed by atoms with van der Waals surface area (Å²) in [6.45, 7) is 0. The van der Waals surface area contributed by atoms with E-state index >= 15 is 0 Å². The molecule has 7 heavy (non-hydrogen) atoms. The zero-order chi connectivity index (χ0) is 5.28. The highest BCUT2D eigenvalue weighted by molar-refractivity contribution is 5.09. The van der Waals surface area contributed by atoms with Crippen molar-refractivity contribution in [3.8, 4) is 0 Å². The summed E-state index contributed by atoms with van der Waals surface area (Å²) in [6, 6.07) is 0. The topological polar surface area (TPSA) is 0 Å². The van der Waals surface area contributed by atoms with Gasteiger partial charge in [-0.1, -0.05) is 0 Å². The smallest absolute Gasteiger partial charge is 0.173 e. The molecule has 40 valence electrons. The SMILES string of the molecule is FC(F)=C1CCC1. The van der Waals surface area contributed by atoms with Gasteiger partial charge in [-0.2, -0.15) is 8.78 Å². The molecule has 0 bridgehead atoms. The van der Waals surface area contributed by atoms with E-state index in [9.17, 15) is 8.78 Å². The van der Waals surface area contributed by atoms with Crippen molar-refractivity contribution in [3.63, 3.8) is 0 Å². The molecule has 0 aromatic rings. The van der Waals surface area contributed by atoms with Gasteiger partial charge in [0, 0.05) is 0 Å². The summed E-state index contributed by atoms with van der Waals surface area (Å²) in [6.07, 6.45) is 0.753. The number of halogens is 2. The zero-order valence-electron chi connectivity index (χ0n) is 3.88. The molecule has 1 rings (SSSR count). The first kappa shape index (κ1) is 4.75. The van der Waals surface area contributed by atoms with Crippen LogP contribution in [0.3, 0.4) is 0 Å². The Morgan fingerprint density at radius 3 is 1.86 bits per heavy atom. The Morgan fingerprint density at radius 1 is 1.29 bits per heavy atom. The van der Waals surface area contributed by atoms with Crippen LogP contribution in [0.2, 0.25) is 0 Å². The Morgan fingerprint density at radius 2 is 1.86 bits per heavy atom. The molecule has 0 amide bonds. The Hall–Kier alpha value is -0.400. The minimum Gasteiger partial charge on any atom is -0.173 e. The number of allylic oxidation sites excluding steroid dienone is 1. The standard InChI is InChI=1S/C5H6F2/c6-5(7)4-2-1-3-4/h1-3H2. The average Bonchev–Trinajstić information content (AvgIpc) is 1.23. The van der Waals surface area contributed by atoms with Gasteiger partial charge in [0.1, 0.15) is 0 Å². The molecular weight excluding hydrogens is 98.1 g/mol. The molecule has 0 spiro atoms. The van der Waals surface area contributed by atoms with E-state index in [-0.39, 0.29) is 0 Å². The van der Waals surface area contributed by atoms with Crippen LogP contribution in [-0.4, -0.2) is 0 Å². The number of hydrogen-bond donors (Lipinski definition) is 0. The van der Waals surface area contributed by atoms with E-state index in [1.807, 2.05) is 0 Å². The molecule has 0 nitrogen and oxygen atoms in total. The molecule has 1 saturated carbocycles. The average molecular weight is 104 g/mol. The highest BCUT2D eigenvalue weighted by atomic mass is 19.3. The minimum atomic E-state index is -1.45. The van der Waals surface area contributed by atoms with E-state index < -0.39 is 6.08 Å². The monoisotopic (exact) mass is 104 g/mol. The first-order chi connectivity index (χ1) is 3.30. The molecule has 2 heteroatoms. The second-order valence-corrected chi connectivity index (χ2v) is 1.72. The second kappa shape index (κ2) is 1.60. The summed E-state index contributed by atoms with van der Waals surface area (Å²) in [5.41, 5.74) is 0.361. The van der Waals surface area contributed by atoms with Gasteiger partial charge in [0.2, 0.25) is 0 Å².